The van der Waals surface area contributed by atoms with Crippen LogP contribution in [0, 0.1) is 0 Å². The van der Waals surface area contributed by atoms with Crippen molar-refractivity contribution in [2.45, 2.75) is 33.4 Å². The number of aryl methyl sites for hydroxylation is 1. The van der Waals surface area contributed by atoms with Crippen LogP contribution in [0.2, 0.25) is 0 Å². The number of ether oxygens (including phenoxy) is 1. The highest BCUT2D eigenvalue weighted by Gasteiger charge is 2.06. The maximum atomic E-state index is 5.77. The fraction of sp³-hybridized carbons (Fsp3) is 0.385. The molecule has 0 aliphatic heterocycles. The van der Waals surface area contributed by atoms with Gasteiger partial charge in [-0.05, 0) is 39.0 Å². The van der Waals surface area contributed by atoms with E-state index in [9.17, 15) is 0 Å². The lowest BCUT2D eigenvalue weighted by Crippen LogP contribution is -2.05. The van der Waals surface area contributed by atoms with E-state index in [2.05, 4.69) is 43.7 Å². The molecule has 2 nitrogen and oxygen atoms in total. The maximum absolute atomic E-state index is 5.77. The Morgan fingerprint density at radius 3 is 2.73 bits per heavy atom. The number of rotatable bonds is 3. The van der Waals surface area contributed by atoms with Gasteiger partial charge < -0.3 is 9.30 Å². The van der Waals surface area contributed by atoms with E-state index in [1.807, 2.05) is 12.1 Å². The van der Waals surface area contributed by atoms with E-state index in [1.54, 1.807) is 0 Å². The van der Waals surface area contributed by atoms with Gasteiger partial charge in [-0.25, -0.2) is 0 Å². The second-order valence-corrected chi connectivity index (χ2v) is 3.96. The minimum absolute atomic E-state index is 0.223. The monoisotopic (exact) mass is 203 g/mol. The topological polar surface area (TPSA) is 14.2 Å². The predicted octanol–water partition coefficient (Wildman–Crippen LogP) is 3.45. The fourth-order valence-corrected chi connectivity index (χ4v) is 1.83. The molecule has 2 rings (SSSR count). The summed E-state index contributed by atoms with van der Waals surface area (Å²) in [7, 11) is 0. The Morgan fingerprint density at radius 1 is 1.27 bits per heavy atom. The first-order valence-corrected chi connectivity index (χ1v) is 5.47. The molecule has 0 radical (unpaired) electrons. The summed E-state index contributed by atoms with van der Waals surface area (Å²) in [6, 6.07) is 8.33. The highest BCUT2D eigenvalue weighted by atomic mass is 16.5. The molecular weight excluding hydrogens is 186 g/mol. The highest BCUT2D eigenvalue weighted by Crippen LogP contribution is 2.27. The first kappa shape index (κ1) is 10.1. The van der Waals surface area contributed by atoms with Gasteiger partial charge in [0.05, 0.1) is 11.6 Å². The van der Waals surface area contributed by atoms with Gasteiger partial charge >= 0.3 is 0 Å². The highest BCUT2D eigenvalue weighted by molar-refractivity contribution is 5.86. The van der Waals surface area contributed by atoms with Gasteiger partial charge in [-0.3, -0.25) is 0 Å². The van der Waals surface area contributed by atoms with Gasteiger partial charge in [0, 0.05) is 18.1 Å². The summed E-state index contributed by atoms with van der Waals surface area (Å²) in [5, 5.41) is 1.20. The van der Waals surface area contributed by atoms with E-state index in [4.69, 9.17) is 4.74 Å². The molecule has 0 fully saturated rings. The van der Waals surface area contributed by atoms with Crippen molar-refractivity contribution < 1.29 is 4.74 Å². The van der Waals surface area contributed by atoms with Crippen LogP contribution in [-0.2, 0) is 6.54 Å². The molecule has 15 heavy (non-hydrogen) atoms. The van der Waals surface area contributed by atoms with Crippen molar-refractivity contribution in [3.8, 4) is 5.75 Å². The van der Waals surface area contributed by atoms with Crippen LogP contribution >= 0.6 is 0 Å². The second kappa shape index (κ2) is 3.97. The number of benzene rings is 1. The van der Waals surface area contributed by atoms with Gasteiger partial charge in [0.1, 0.15) is 5.75 Å². The molecule has 2 heteroatoms. The molecular formula is C13H17NO. The average Bonchev–Trinajstić information content (AvgIpc) is 2.61. The Morgan fingerprint density at radius 2 is 2.07 bits per heavy atom. The van der Waals surface area contributed by atoms with Crippen molar-refractivity contribution in [3.05, 3.63) is 30.5 Å². The summed E-state index contributed by atoms with van der Waals surface area (Å²) in [5.74, 6) is 0.981. The average molecular weight is 203 g/mol. The minimum atomic E-state index is 0.223. The zero-order valence-corrected chi connectivity index (χ0v) is 9.53. The van der Waals surface area contributed by atoms with Crippen molar-refractivity contribution in [2.24, 2.45) is 0 Å². The number of nitrogens with zero attached hydrogens (tertiary/aromatic N) is 1. The summed E-state index contributed by atoms with van der Waals surface area (Å²) in [4.78, 5) is 0. The van der Waals surface area contributed by atoms with E-state index in [1.165, 1.54) is 10.9 Å². The number of fused-ring (bicyclic) bond motifs is 1. The molecule has 1 aromatic carbocycles. The van der Waals surface area contributed by atoms with Crippen molar-refractivity contribution in [2.75, 3.05) is 0 Å². The lowest BCUT2D eigenvalue weighted by molar-refractivity contribution is 0.245. The summed E-state index contributed by atoms with van der Waals surface area (Å²) in [6.45, 7) is 7.25. The van der Waals surface area contributed by atoms with Gasteiger partial charge in [0.15, 0.2) is 0 Å². The lowest BCUT2D eigenvalue weighted by atomic mass is 10.2. The smallest absolute Gasteiger partial charge is 0.129 e. The lowest BCUT2D eigenvalue weighted by Gasteiger charge is -2.11. The third-order valence-electron chi connectivity index (χ3n) is 2.48. The largest absolute Gasteiger partial charge is 0.490 e. The molecule has 0 bridgehead atoms. The zero-order valence-electron chi connectivity index (χ0n) is 9.53. The third-order valence-corrected chi connectivity index (χ3v) is 2.48. The maximum Gasteiger partial charge on any atom is 0.129 e. The second-order valence-electron chi connectivity index (χ2n) is 3.96. The van der Waals surface area contributed by atoms with Crippen LogP contribution in [0.1, 0.15) is 20.8 Å². The number of hydrogen-bond donors (Lipinski definition) is 0. The molecule has 80 valence electrons. The van der Waals surface area contributed by atoms with Gasteiger partial charge in [-0.15, -0.1) is 0 Å². The summed E-state index contributed by atoms with van der Waals surface area (Å²) in [6.07, 6.45) is 2.33. The summed E-state index contributed by atoms with van der Waals surface area (Å²) < 4.78 is 8.00. The zero-order chi connectivity index (χ0) is 10.8. The van der Waals surface area contributed by atoms with Crippen molar-refractivity contribution in [1.82, 2.24) is 4.57 Å². The Kier molecular flexibility index (Phi) is 2.67. The molecule has 0 unspecified atom stereocenters. The van der Waals surface area contributed by atoms with E-state index in [-0.39, 0.29) is 6.10 Å². The Balaban J connectivity index is 2.52. The molecule has 0 aliphatic carbocycles. The van der Waals surface area contributed by atoms with Crippen LogP contribution in [0.25, 0.3) is 10.9 Å². The SMILES string of the molecule is CCn1ccc2c(OC(C)C)cccc21. The predicted molar refractivity (Wildman–Crippen MR) is 63.4 cm³/mol. The molecule has 0 N–H and O–H groups in total. The number of aromatic nitrogens is 1. The summed E-state index contributed by atoms with van der Waals surface area (Å²) in [5.41, 5.74) is 1.25. The molecule has 0 spiro atoms. The molecule has 0 saturated carbocycles. The molecule has 1 aromatic heterocycles. The van der Waals surface area contributed by atoms with E-state index >= 15 is 0 Å². The van der Waals surface area contributed by atoms with Crippen LogP contribution in [0.3, 0.4) is 0 Å². The Bertz CT molecular complexity index is 457. The van der Waals surface area contributed by atoms with Crippen LogP contribution in [0.5, 0.6) is 5.75 Å². The van der Waals surface area contributed by atoms with E-state index in [0.29, 0.717) is 0 Å². The van der Waals surface area contributed by atoms with Gasteiger partial charge in [-0.2, -0.15) is 0 Å². The van der Waals surface area contributed by atoms with Crippen LogP contribution < -0.4 is 4.74 Å². The van der Waals surface area contributed by atoms with Crippen LogP contribution in [-0.4, -0.2) is 10.7 Å². The Labute approximate surface area is 90.5 Å². The Hall–Kier alpha value is -1.44. The molecule has 1 heterocycles. The van der Waals surface area contributed by atoms with Gasteiger partial charge in [0.25, 0.3) is 0 Å². The third kappa shape index (κ3) is 1.84. The van der Waals surface area contributed by atoms with Gasteiger partial charge in [-0.1, -0.05) is 6.07 Å². The minimum Gasteiger partial charge on any atom is -0.490 e. The normalized spacial score (nSPS) is 11.2. The molecule has 2 aromatic rings. The molecule has 0 amide bonds. The standard InChI is InChI=1S/C13H17NO/c1-4-14-9-8-11-12(14)6-5-7-13(11)15-10(2)3/h5-10H,4H2,1-3H3. The van der Waals surface area contributed by atoms with E-state index in [0.717, 1.165) is 12.3 Å². The first-order chi connectivity index (χ1) is 7.22. The molecule has 0 saturated heterocycles. The number of hydrogen-bond acceptors (Lipinski definition) is 1. The van der Waals surface area contributed by atoms with Crippen LogP contribution in [0.4, 0.5) is 0 Å². The van der Waals surface area contributed by atoms with Crippen molar-refractivity contribution >= 4 is 10.9 Å². The van der Waals surface area contributed by atoms with Crippen LogP contribution in [0.15, 0.2) is 30.5 Å². The first-order valence-electron chi connectivity index (χ1n) is 5.47. The van der Waals surface area contributed by atoms with Gasteiger partial charge in [0.2, 0.25) is 0 Å². The molecule has 0 atom stereocenters. The quantitative estimate of drug-likeness (QED) is 0.745. The van der Waals surface area contributed by atoms with Crippen molar-refractivity contribution in [1.29, 1.82) is 0 Å². The fourth-order valence-electron chi connectivity index (χ4n) is 1.83. The molecule has 0 aliphatic rings. The summed E-state index contributed by atoms with van der Waals surface area (Å²) >= 11 is 0. The van der Waals surface area contributed by atoms with E-state index < -0.39 is 0 Å². The van der Waals surface area contributed by atoms with Crippen molar-refractivity contribution in [3.63, 3.8) is 0 Å².